The molecule has 1 saturated carbocycles. The molecule has 1 aliphatic rings. The number of ether oxygens (including phenoxy) is 1. The van der Waals surface area contributed by atoms with Crippen molar-refractivity contribution in [3.8, 4) is 5.75 Å². The van der Waals surface area contributed by atoms with Crippen molar-refractivity contribution in [3.63, 3.8) is 0 Å². The summed E-state index contributed by atoms with van der Waals surface area (Å²) in [5.74, 6) is -1.07. The molecule has 230 valence electrons. The lowest BCUT2D eigenvalue weighted by molar-refractivity contribution is -0.139. The summed E-state index contributed by atoms with van der Waals surface area (Å²) in [5.41, 5.74) is 0.725. The van der Waals surface area contributed by atoms with Crippen LogP contribution in [0.4, 0.5) is 10.1 Å². The third-order valence-electron chi connectivity index (χ3n) is 7.34. The zero-order valence-corrected chi connectivity index (χ0v) is 26.3. The molecule has 0 radical (unpaired) electrons. The highest BCUT2D eigenvalue weighted by Gasteiger charge is 2.33. The third kappa shape index (κ3) is 8.19. The van der Waals surface area contributed by atoms with Gasteiger partial charge in [0.1, 0.15) is 24.2 Å². The van der Waals surface area contributed by atoms with Crippen molar-refractivity contribution < 1.29 is 27.1 Å². The average molecular weight is 651 g/mol. The summed E-state index contributed by atoms with van der Waals surface area (Å²) in [5, 5.41) is 3.73. The van der Waals surface area contributed by atoms with Gasteiger partial charge in [0, 0.05) is 22.6 Å². The second-order valence-electron chi connectivity index (χ2n) is 10.3. The van der Waals surface area contributed by atoms with E-state index in [9.17, 15) is 22.4 Å². The summed E-state index contributed by atoms with van der Waals surface area (Å²) >= 11 is 12.5. The maximum atomic E-state index is 14.1. The maximum Gasteiger partial charge on any atom is 0.264 e. The van der Waals surface area contributed by atoms with Gasteiger partial charge in [0.15, 0.2) is 0 Å². The summed E-state index contributed by atoms with van der Waals surface area (Å²) in [6.07, 6.45) is 3.75. The smallest absolute Gasteiger partial charge is 0.264 e. The normalized spacial score (nSPS) is 14.3. The Bertz CT molecular complexity index is 1530. The van der Waals surface area contributed by atoms with Gasteiger partial charge in [0.05, 0.1) is 17.2 Å². The molecule has 12 heteroatoms. The number of hydrogen-bond donors (Lipinski definition) is 1. The van der Waals surface area contributed by atoms with Crippen LogP contribution in [-0.2, 0) is 26.2 Å². The molecule has 0 aliphatic heterocycles. The highest BCUT2D eigenvalue weighted by atomic mass is 35.5. The van der Waals surface area contributed by atoms with Crippen LogP contribution in [0.2, 0.25) is 10.0 Å². The lowest BCUT2D eigenvalue weighted by Gasteiger charge is -2.32. The minimum atomic E-state index is -4.34. The highest BCUT2D eigenvalue weighted by molar-refractivity contribution is 7.92. The van der Waals surface area contributed by atoms with Crippen LogP contribution in [0.25, 0.3) is 0 Å². The number of nitrogens with one attached hydrogen (secondary N) is 1. The number of hydrogen-bond acceptors (Lipinski definition) is 5. The number of sulfonamides is 1. The number of halogens is 3. The average Bonchev–Trinajstić information content (AvgIpc) is 3.49. The van der Waals surface area contributed by atoms with E-state index in [1.807, 2.05) is 6.92 Å². The first-order valence-corrected chi connectivity index (χ1v) is 16.2. The molecule has 1 aliphatic carbocycles. The number of nitrogens with zero attached hydrogens (tertiary/aromatic N) is 2. The van der Waals surface area contributed by atoms with Crippen LogP contribution < -0.4 is 14.4 Å². The minimum Gasteiger partial charge on any atom is -0.494 e. The molecule has 43 heavy (non-hydrogen) atoms. The molecule has 1 atom stereocenters. The number of rotatable bonds is 12. The summed E-state index contributed by atoms with van der Waals surface area (Å²) in [6.45, 7) is 3.13. The van der Waals surface area contributed by atoms with Crippen LogP contribution in [-0.4, -0.2) is 50.4 Å². The Labute approximate surface area is 261 Å². The standard InChI is InChI=1S/C31H34Cl2FN3O5S/c1-3-42-27-14-12-26(13-15-27)37(43(40,41)28-16-10-24(34)11-17-28)20-30(38)36(19-22-8-9-23(32)18-29(22)33)21(2)31(39)35-25-6-4-5-7-25/h8-18,21,25H,3-7,19-20H2,1-2H3,(H,35,39)/t21-/m0/s1. The van der Waals surface area contributed by atoms with Crippen molar-refractivity contribution in [2.24, 2.45) is 0 Å². The molecule has 0 heterocycles. The van der Waals surface area contributed by atoms with Crippen molar-refractivity contribution in [3.05, 3.63) is 88.2 Å². The molecule has 3 aromatic rings. The van der Waals surface area contributed by atoms with E-state index in [4.69, 9.17) is 27.9 Å². The van der Waals surface area contributed by atoms with Gasteiger partial charge in [0.2, 0.25) is 11.8 Å². The van der Waals surface area contributed by atoms with Crippen molar-refractivity contribution in [2.75, 3.05) is 17.5 Å². The largest absolute Gasteiger partial charge is 0.494 e. The van der Waals surface area contributed by atoms with Gasteiger partial charge in [-0.2, -0.15) is 0 Å². The highest BCUT2D eigenvalue weighted by Crippen LogP contribution is 2.28. The number of carbonyl (C=O) groups excluding carboxylic acids is 2. The monoisotopic (exact) mass is 649 g/mol. The van der Waals surface area contributed by atoms with E-state index in [1.54, 1.807) is 31.2 Å². The number of amides is 2. The molecule has 0 saturated heterocycles. The van der Waals surface area contributed by atoms with Crippen LogP contribution in [0.5, 0.6) is 5.75 Å². The molecule has 0 bridgehead atoms. The van der Waals surface area contributed by atoms with Crippen molar-refractivity contribution in [1.82, 2.24) is 10.2 Å². The van der Waals surface area contributed by atoms with Gasteiger partial charge in [-0.25, -0.2) is 12.8 Å². The molecule has 4 rings (SSSR count). The fourth-order valence-electron chi connectivity index (χ4n) is 4.95. The van der Waals surface area contributed by atoms with Gasteiger partial charge >= 0.3 is 0 Å². The SMILES string of the molecule is CCOc1ccc(N(CC(=O)N(Cc2ccc(Cl)cc2Cl)[C@@H](C)C(=O)NC2CCCC2)S(=O)(=O)c2ccc(F)cc2)cc1. The van der Waals surface area contributed by atoms with Crippen LogP contribution in [0.15, 0.2) is 71.6 Å². The second kappa shape index (κ2) is 14.4. The van der Waals surface area contributed by atoms with E-state index in [-0.39, 0.29) is 29.1 Å². The number of anilines is 1. The van der Waals surface area contributed by atoms with Crippen LogP contribution in [0.1, 0.15) is 45.1 Å². The Balaban J connectivity index is 1.70. The Morgan fingerprint density at radius 2 is 1.67 bits per heavy atom. The zero-order chi connectivity index (χ0) is 31.1. The molecule has 3 aromatic carbocycles. The molecule has 1 fully saturated rings. The van der Waals surface area contributed by atoms with E-state index in [0.29, 0.717) is 28.0 Å². The molecular weight excluding hydrogens is 616 g/mol. The fourth-order valence-corrected chi connectivity index (χ4v) is 6.83. The Morgan fingerprint density at radius 1 is 1.02 bits per heavy atom. The van der Waals surface area contributed by atoms with Crippen molar-refractivity contribution in [1.29, 1.82) is 0 Å². The molecule has 0 unspecified atom stereocenters. The third-order valence-corrected chi connectivity index (χ3v) is 9.72. The van der Waals surface area contributed by atoms with Crippen LogP contribution in [0, 0.1) is 5.82 Å². The van der Waals surface area contributed by atoms with E-state index < -0.39 is 34.3 Å². The lowest BCUT2D eigenvalue weighted by atomic mass is 10.1. The van der Waals surface area contributed by atoms with E-state index >= 15 is 0 Å². The van der Waals surface area contributed by atoms with E-state index in [0.717, 1.165) is 54.3 Å². The van der Waals surface area contributed by atoms with E-state index in [2.05, 4.69) is 5.32 Å². The summed E-state index contributed by atoms with van der Waals surface area (Å²) < 4.78 is 47.9. The first kappa shape index (κ1) is 32.6. The van der Waals surface area contributed by atoms with Gasteiger partial charge in [-0.1, -0.05) is 42.1 Å². The maximum absolute atomic E-state index is 14.1. The predicted molar refractivity (Wildman–Crippen MR) is 165 cm³/mol. The first-order valence-electron chi connectivity index (χ1n) is 14.0. The van der Waals surface area contributed by atoms with Gasteiger partial charge in [-0.05, 0) is 92.9 Å². The second-order valence-corrected chi connectivity index (χ2v) is 13.0. The Morgan fingerprint density at radius 3 is 2.28 bits per heavy atom. The summed E-state index contributed by atoms with van der Waals surface area (Å²) in [4.78, 5) is 28.5. The molecule has 0 aromatic heterocycles. The fraction of sp³-hybridized carbons (Fsp3) is 0.355. The molecule has 8 nitrogen and oxygen atoms in total. The van der Waals surface area contributed by atoms with Crippen molar-refractivity contribution in [2.45, 2.75) is 63.1 Å². The topological polar surface area (TPSA) is 96.0 Å². The van der Waals surface area contributed by atoms with Gasteiger partial charge in [0.25, 0.3) is 10.0 Å². The lowest BCUT2D eigenvalue weighted by Crippen LogP contribution is -2.52. The quantitative estimate of drug-likeness (QED) is 0.252. The van der Waals surface area contributed by atoms with Gasteiger partial charge in [-0.15, -0.1) is 0 Å². The first-order chi connectivity index (χ1) is 20.5. The molecule has 1 N–H and O–H groups in total. The summed E-state index contributed by atoms with van der Waals surface area (Å²) in [7, 11) is -4.34. The predicted octanol–water partition coefficient (Wildman–Crippen LogP) is 6.20. The molecule has 2 amide bonds. The molecular formula is C31H34Cl2FN3O5S. The number of benzene rings is 3. The Hall–Kier alpha value is -3.34. The van der Waals surface area contributed by atoms with Crippen LogP contribution in [0.3, 0.4) is 0 Å². The zero-order valence-electron chi connectivity index (χ0n) is 23.9. The Kier molecular flexibility index (Phi) is 10.9. The minimum absolute atomic E-state index is 0.0187. The van der Waals surface area contributed by atoms with Crippen molar-refractivity contribution >= 4 is 50.7 Å². The summed E-state index contributed by atoms with van der Waals surface area (Å²) in [6, 6.07) is 14.5. The van der Waals surface area contributed by atoms with Gasteiger partial charge < -0.3 is 15.0 Å². The van der Waals surface area contributed by atoms with E-state index in [1.165, 1.54) is 23.1 Å². The van der Waals surface area contributed by atoms with Crippen LogP contribution >= 0.6 is 23.2 Å². The molecule has 0 spiro atoms. The van der Waals surface area contributed by atoms with Gasteiger partial charge in [-0.3, -0.25) is 13.9 Å². The number of carbonyl (C=O) groups is 2.